The van der Waals surface area contributed by atoms with Gasteiger partial charge in [-0.05, 0) is 46.2 Å². The summed E-state index contributed by atoms with van der Waals surface area (Å²) in [5.74, 6) is 0.371. The molecule has 0 spiro atoms. The van der Waals surface area contributed by atoms with E-state index >= 15 is 0 Å². The van der Waals surface area contributed by atoms with Crippen LogP contribution in [0.4, 0.5) is 4.39 Å². The average molecular weight is 449 g/mol. The molecular weight excluding hydrogens is 427 g/mol. The highest BCUT2D eigenvalue weighted by molar-refractivity contribution is 7.17. The van der Waals surface area contributed by atoms with Crippen molar-refractivity contribution in [3.05, 3.63) is 103 Å². The van der Waals surface area contributed by atoms with Crippen LogP contribution in [-0.2, 0) is 13.1 Å². The molecule has 0 fully saturated rings. The first-order valence-electron chi connectivity index (χ1n) is 10.3. The second kappa shape index (κ2) is 7.87. The van der Waals surface area contributed by atoms with Gasteiger partial charge in [0.2, 0.25) is 5.78 Å². The molecule has 0 aliphatic heterocycles. The summed E-state index contributed by atoms with van der Waals surface area (Å²) in [6.45, 7) is 4.76. The van der Waals surface area contributed by atoms with Crippen molar-refractivity contribution in [1.82, 2.24) is 18.7 Å². The van der Waals surface area contributed by atoms with Crippen LogP contribution in [0.5, 0.6) is 0 Å². The molecule has 0 saturated carbocycles. The van der Waals surface area contributed by atoms with E-state index in [1.165, 1.54) is 38.1 Å². The molecular formula is C24H21FN4O2S. The zero-order valence-electron chi connectivity index (χ0n) is 17.7. The lowest BCUT2D eigenvalue weighted by molar-refractivity contribution is 0.622. The summed E-state index contributed by atoms with van der Waals surface area (Å²) in [6, 6.07) is 15.8. The maximum atomic E-state index is 13.3. The van der Waals surface area contributed by atoms with Gasteiger partial charge in [-0.25, -0.2) is 18.3 Å². The minimum absolute atomic E-state index is 0.172. The number of aromatic nitrogens is 4. The predicted molar refractivity (Wildman–Crippen MR) is 124 cm³/mol. The van der Waals surface area contributed by atoms with Crippen LogP contribution in [0.2, 0.25) is 0 Å². The van der Waals surface area contributed by atoms with Crippen LogP contribution < -0.4 is 11.2 Å². The minimum atomic E-state index is -0.339. The van der Waals surface area contributed by atoms with Crippen LogP contribution in [0.3, 0.4) is 0 Å². The van der Waals surface area contributed by atoms with Gasteiger partial charge in [-0.3, -0.25) is 9.36 Å². The van der Waals surface area contributed by atoms with E-state index < -0.39 is 0 Å². The molecule has 0 radical (unpaired) electrons. The number of rotatable bonds is 5. The van der Waals surface area contributed by atoms with E-state index in [0.717, 1.165) is 11.1 Å². The molecule has 8 heteroatoms. The topological polar surface area (TPSA) is 61.3 Å². The normalized spacial score (nSPS) is 11.8. The molecule has 3 heterocycles. The van der Waals surface area contributed by atoms with Crippen molar-refractivity contribution >= 4 is 27.3 Å². The van der Waals surface area contributed by atoms with Crippen LogP contribution in [0, 0.1) is 5.82 Å². The van der Waals surface area contributed by atoms with Crippen molar-refractivity contribution < 1.29 is 4.39 Å². The van der Waals surface area contributed by atoms with Crippen molar-refractivity contribution in [2.45, 2.75) is 32.9 Å². The largest absolute Gasteiger partial charge is 0.352 e. The number of hydrogen-bond donors (Lipinski definition) is 0. The number of hydrogen-bond acceptors (Lipinski definition) is 4. The number of thiophene rings is 1. The van der Waals surface area contributed by atoms with E-state index in [2.05, 4.69) is 31.1 Å². The summed E-state index contributed by atoms with van der Waals surface area (Å²) < 4.78 is 18.1. The van der Waals surface area contributed by atoms with E-state index in [1.54, 1.807) is 28.1 Å². The van der Waals surface area contributed by atoms with Crippen LogP contribution in [0.15, 0.2) is 69.6 Å². The summed E-state index contributed by atoms with van der Waals surface area (Å²) in [5, 5.41) is 6.31. The first kappa shape index (κ1) is 20.4. The molecule has 32 heavy (non-hydrogen) atoms. The standard InChI is InChI=1S/C24H21FN4O2S/c1-15(2)18-7-3-16(4-8-18)13-27-22(30)21-20(11-12-32-21)29-23(27)26-28(24(29)31)14-17-5-9-19(25)10-6-17/h3-12,15H,13-14H2,1-2H3. The Bertz CT molecular complexity index is 1540. The third-order valence-corrected chi connectivity index (χ3v) is 6.51. The van der Waals surface area contributed by atoms with Gasteiger partial charge in [0.15, 0.2) is 0 Å². The molecule has 0 saturated heterocycles. The second-order valence-electron chi connectivity index (χ2n) is 8.12. The van der Waals surface area contributed by atoms with Gasteiger partial charge < -0.3 is 0 Å². The first-order chi connectivity index (χ1) is 15.4. The van der Waals surface area contributed by atoms with Crippen molar-refractivity contribution in [1.29, 1.82) is 0 Å². The molecule has 162 valence electrons. The van der Waals surface area contributed by atoms with Gasteiger partial charge in [0.25, 0.3) is 5.56 Å². The Labute approximate surface area is 186 Å². The zero-order valence-corrected chi connectivity index (χ0v) is 18.5. The fourth-order valence-corrected chi connectivity index (χ4v) is 4.66. The van der Waals surface area contributed by atoms with Crippen LogP contribution in [-0.4, -0.2) is 18.7 Å². The average Bonchev–Trinajstić information content (AvgIpc) is 3.38. The van der Waals surface area contributed by atoms with Crippen molar-refractivity contribution in [2.75, 3.05) is 0 Å². The molecule has 0 atom stereocenters. The Morgan fingerprint density at radius 2 is 1.59 bits per heavy atom. The van der Waals surface area contributed by atoms with Crippen LogP contribution >= 0.6 is 11.3 Å². The summed E-state index contributed by atoms with van der Waals surface area (Å²) in [5.41, 5.74) is 2.97. The Balaban J connectivity index is 1.66. The molecule has 6 nitrogen and oxygen atoms in total. The van der Waals surface area contributed by atoms with Gasteiger partial charge in [-0.2, -0.15) is 0 Å². The quantitative estimate of drug-likeness (QED) is 0.404. The smallest absolute Gasteiger partial charge is 0.271 e. The lowest BCUT2D eigenvalue weighted by Crippen LogP contribution is -2.26. The van der Waals surface area contributed by atoms with Gasteiger partial charge in [-0.15, -0.1) is 16.4 Å². The van der Waals surface area contributed by atoms with E-state index in [9.17, 15) is 14.0 Å². The first-order valence-corrected chi connectivity index (χ1v) is 11.2. The molecule has 0 aliphatic rings. The molecule has 5 aromatic rings. The maximum Gasteiger partial charge on any atom is 0.352 e. The highest BCUT2D eigenvalue weighted by Crippen LogP contribution is 2.19. The maximum absolute atomic E-state index is 13.3. The van der Waals surface area contributed by atoms with Crippen LogP contribution in [0.25, 0.3) is 16.0 Å². The summed E-state index contributed by atoms with van der Waals surface area (Å²) >= 11 is 1.31. The number of nitrogens with zero attached hydrogens (tertiary/aromatic N) is 4. The fraction of sp³-hybridized carbons (Fsp3) is 0.208. The second-order valence-corrected chi connectivity index (χ2v) is 9.04. The molecule has 0 bridgehead atoms. The summed E-state index contributed by atoms with van der Waals surface area (Å²) in [6.07, 6.45) is 0. The predicted octanol–water partition coefficient (Wildman–Crippen LogP) is 4.23. The van der Waals surface area contributed by atoms with Crippen molar-refractivity contribution in [3.8, 4) is 0 Å². The molecule has 0 amide bonds. The van der Waals surface area contributed by atoms with Gasteiger partial charge in [0.05, 0.1) is 18.6 Å². The zero-order chi connectivity index (χ0) is 22.4. The summed E-state index contributed by atoms with van der Waals surface area (Å²) in [7, 11) is 0. The van der Waals surface area contributed by atoms with Crippen molar-refractivity contribution in [2.24, 2.45) is 0 Å². The number of benzene rings is 2. The highest BCUT2D eigenvalue weighted by atomic mass is 32.1. The molecule has 0 N–H and O–H groups in total. The van der Waals surface area contributed by atoms with Crippen molar-refractivity contribution in [3.63, 3.8) is 0 Å². The van der Waals surface area contributed by atoms with Gasteiger partial charge >= 0.3 is 5.69 Å². The van der Waals surface area contributed by atoms with Gasteiger partial charge in [-0.1, -0.05) is 50.2 Å². The third-order valence-electron chi connectivity index (χ3n) is 5.62. The van der Waals surface area contributed by atoms with Gasteiger partial charge in [0.1, 0.15) is 10.5 Å². The van der Waals surface area contributed by atoms with E-state index in [0.29, 0.717) is 28.5 Å². The van der Waals surface area contributed by atoms with E-state index in [4.69, 9.17) is 0 Å². The van der Waals surface area contributed by atoms with E-state index in [1.807, 2.05) is 12.1 Å². The number of fused-ring (bicyclic) bond motifs is 3. The SMILES string of the molecule is CC(C)c1ccc(Cn2c(=O)c3sccc3n3c(=O)n(Cc4ccc(F)cc4)nc23)cc1. The molecule has 2 aromatic carbocycles. The lowest BCUT2D eigenvalue weighted by atomic mass is 10.0. The third kappa shape index (κ3) is 3.46. The molecule has 0 unspecified atom stereocenters. The lowest BCUT2D eigenvalue weighted by Gasteiger charge is -2.10. The molecule has 5 rings (SSSR count). The van der Waals surface area contributed by atoms with E-state index in [-0.39, 0.29) is 23.6 Å². The Morgan fingerprint density at radius 3 is 2.28 bits per heavy atom. The molecule has 3 aromatic heterocycles. The van der Waals surface area contributed by atoms with Crippen LogP contribution in [0.1, 0.15) is 36.5 Å². The molecule has 0 aliphatic carbocycles. The Morgan fingerprint density at radius 1 is 0.938 bits per heavy atom. The monoisotopic (exact) mass is 448 g/mol. The Kier molecular flexibility index (Phi) is 5.01. The highest BCUT2D eigenvalue weighted by Gasteiger charge is 2.18. The minimum Gasteiger partial charge on any atom is -0.271 e. The van der Waals surface area contributed by atoms with Gasteiger partial charge in [0, 0.05) is 0 Å². The summed E-state index contributed by atoms with van der Waals surface area (Å²) in [4.78, 5) is 26.5. The fourth-order valence-electron chi connectivity index (χ4n) is 3.83. The Hall–Kier alpha value is -3.52. The number of halogens is 1.